The fraction of sp³-hybridized carbons (Fsp3) is 0.571. The van der Waals surface area contributed by atoms with Crippen molar-refractivity contribution in [2.75, 3.05) is 0 Å². The highest BCUT2D eigenvalue weighted by Crippen LogP contribution is 2.31. The Morgan fingerprint density at radius 1 is 0.941 bits per heavy atom. The lowest BCUT2D eigenvalue weighted by molar-refractivity contribution is 0.180. The molecule has 0 N–H and O–H groups in total. The van der Waals surface area contributed by atoms with Crippen LogP contribution < -0.4 is 0 Å². The van der Waals surface area contributed by atoms with Crippen molar-refractivity contribution in [3.8, 4) is 0 Å². The minimum atomic E-state index is -0.0583. The number of aromatic nitrogens is 3. The van der Waals surface area contributed by atoms with Crippen molar-refractivity contribution < 1.29 is 0 Å². The van der Waals surface area contributed by atoms with Crippen LogP contribution in [-0.4, -0.2) is 15.0 Å². The minimum absolute atomic E-state index is 0.0583. The third-order valence-corrected chi connectivity index (χ3v) is 2.79. The first kappa shape index (κ1) is 12.1. The van der Waals surface area contributed by atoms with Crippen molar-refractivity contribution in [3.05, 3.63) is 24.3 Å². The van der Waals surface area contributed by atoms with Gasteiger partial charge in [0, 0.05) is 0 Å². The van der Waals surface area contributed by atoms with Crippen LogP contribution in [0.5, 0.6) is 0 Å². The summed E-state index contributed by atoms with van der Waals surface area (Å²) < 4.78 is 0. The third kappa shape index (κ3) is 2.65. The molecule has 0 radical (unpaired) electrons. The lowest BCUT2D eigenvalue weighted by Gasteiger charge is -2.31. The molecular formula is C14H21N3. The van der Waals surface area contributed by atoms with Gasteiger partial charge in [-0.25, -0.2) is 0 Å². The largest absolute Gasteiger partial charge is 0.178 e. The second-order valence-electron chi connectivity index (χ2n) is 6.53. The molecule has 0 amide bonds. The Bertz CT molecular complexity index is 484. The molecule has 0 aliphatic carbocycles. The Balaban J connectivity index is 2.38. The summed E-state index contributed by atoms with van der Waals surface area (Å²) in [5.41, 5.74) is 2.14. The SMILES string of the molecule is CC(C)(C)CC(C)(C)n1nc2ccccc2n1. The molecule has 1 aromatic heterocycles. The zero-order valence-corrected chi connectivity index (χ0v) is 11.4. The fourth-order valence-corrected chi connectivity index (χ4v) is 2.50. The van der Waals surface area contributed by atoms with E-state index in [1.165, 1.54) is 0 Å². The molecule has 2 rings (SSSR count). The van der Waals surface area contributed by atoms with Crippen LogP contribution in [0.3, 0.4) is 0 Å². The molecule has 3 heteroatoms. The molecule has 0 aliphatic rings. The number of nitrogens with zero attached hydrogens (tertiary/aromatic N) is 3. The average molecular weight is 231 g/mol. The average Bonchev–Trinajstić information content (AvgIpc) is 2.57. The summed E-state index contributed by atoms with van der Waals surface area (Å²) in [4.78, 5) is 1.86. The van der Waals surface area contributed by atoms with Crippen LogP contribution in [0.4, 0.5) is 0 Å². The van der Waals surface area contributed by atoms with E-state index < -0.39 is 0 Å². The first-order valence-corrected chi connectivity index (χ1v) is 6.11. The first-order valence-electron chi connectivity index (χ1n) is 6.11. The number of rotatable bonds is 2. The van der Waals surface area contributed by atoms with E-state index in [9.17, 15) is 0 Å². The number of hydrogen-bond donors (Lipinski definition) is 0. The van der Waals surface area contributed by atoms with E-state index in [4.69, 9.17) is 0 Å². The Morgan fingerprint density at radius 2 is 1.41 bits per heavy atom. The van der Waals surface area contributed by atoms with Crippen LogP contribution >= 0.6 is 0 Å². The molecule has 3 nitrogen and oxygen atoms in total. The van der Waals surface area contributed by atoms with Crippen LogP contribution in [0.2, 0.25) is 0 Å². The normalized spacial score (nSPS) is 13.2. The van der Waals surface area contributed by atoms with Gasteiger partial charge in [0.05, 0.1) is 5.54 Å². The molecule has 0 atom stereocenters. The Labute approximate surface area is 103 Å². The zero-order chi connectivity index (χ0) is 12.7. The summed E-state index contributed by atoms with van der Waals surface area (Å²) in [5, 5.41) is 9.15. The Hall–Kier alpha value is -1.38. The van der Waals surface area contributed by atoms with Gasteiger partial charge in [-0.2, -0.15) is 15.0 Å². The van der Waals surface area contributed by atoms with Gasteiger partial charge < -0.3 is 0 Å². The van der Waals surface area contributed by atoms with E-state index in [0.29, 0.717) is 0 Å². The summed E-state index contributed by atoms with van der Waals surface area (Å²) in [6.07, 6.45) is 1.04. The van der Waals surface area contributed by atoms with Crippen molar-refractivity contribution in [2.45, 2.75) is 46.6 Å². The molecule has 0 spiro atoms. The van der Waals surface area contributed by atoms with E-state index in [2.05, 4.69) is 44.8 Å². The maximum Gasteiger partial charge on any atom is 0.113 e. The summed E-state index contributed by atoms with van der Waals surface area (Å²) in [7, 11) is 0. The van der Waals surface area contributed by atoms with Crippen LogP contribution in [0.1, 0.15) is 41.0 Å². The molecule has 1 aromatic carbocycles. The molecule has 2 aromatic rings. The van der Waals surface area contributed by atoms with E-state index in [1.54, 1.807) is 0 Å². The van der Waals surface area contributed by atoms with Crippen LogP contribution in [0.15, 0.2) is 24.3 Å². The molecule has 17 heavy (non-hydrogen) atoms. The molecular weight excluding hydrogens is 210 g/mol. The lowest BCUT2D eigenvalue weighted by atomic mass is 9.82. The minimum Gasteiger partial charge on any atom is -0.178 e. The van der Waals surface area contributed by atoms with Crippen molar-refractivity contribution >= 4 is 11.0 Å². The molecule has 0 aliphatic heterocycles. The van der Waals surface area contributed by atoms with E-state index in [0.717, 1.165) is 17.5 Å². The highest BCUT2D eigenvalue weighted by molar-refractivity contribution is 5.73. The van der Waals surface area contributed by atoms with Gasteiger partial charge in [0.15, 0.2) is 0 Å². The fourth-order valence-electron chi connectivity index (χ4n) is 2.50. The van der Waals surface area contributed by atoms with E-state index in [1.807, 2.05) is 29.1 Å². The Kier molecular flexibility index (Phi) is 2.72. The van der Waals surface area contributed by atoms with Gasteiger partial charge in [0.25, 0.3) is 0 Å². The zero-order valence-electron chi connectivity index (χ0n) is 11.4. The quantitative estimate of drug-likeness (QED) is 0.790. The molecule has 0 saturated carbocycles. The smallest absolute Gasteiger partial charge is 0.113 e. The van der Waals surface area contributed by atoms with Gasteiger partial charge in [-0.1, -0.05) is 32.9 Å². The van der Waals surface area contributed by atoms with Gasteiger partial charge in [0.1, 0.15) is 11.0 Å². The van der Waals surface area contributed by atoms with Gasteiger partial charge >= 0.3 is 0 Å². The molecule has 0 saturated heterocycles. The van der Waals surface area contributed by atoms with Gasteiger partial charge in [0.2, 0.25) is 0 Å². The lowest BCUT2D eigenvalue weighted by Crippen LogP contribution is -2.33. The second-order valence-corrected chi connectivity index (χ2v) is 6.53. The summed E-state index contributed by atoms with van der Waals surface area (Å²) in [5.74, 6) is 0. The van der Waals surface area contributed by atoms with Crippen LogP contribution in [-0.2, 0) is 5.54 Å². The Morgan fingerprint density at radius 3 is 1.82 bits per heavy atom. The van der Waals surface area contributed by atoms with E-state index in [-0.39, 0.29) is 11.0 Å². The summed E-state index contributed by atoms with van der Waals surface area (Å²) >= 11 is 0. The standard InChI is InChI=1S/C14H21N3/c1-13(2,3)10-14(4,5)17-15-11-8-6-7-9-12(11)16-17/h6-9H,10H2,1-5H3. The number of fused-ring (bicyclic) bond motifs is 1. The predicted octanol–water partition coefficient (Wildman–Crippen LogP) is 3.60. The van der Waals surface area contributed by atoms with Crippen molar-refractivity contribution in [1.29, 1.82) is 0 Å². The van der Waals surface area contributed by atoms with Crippen LogP contribution in [0.25, 0.3) is 11.0 Å². The van der Waals surface area contributed by atoms with Crippen molar-refractivity contribution in [3.63, 3.8) is 0 Å². The molecule has 0 bridgehead atoms. The maximum atomic E-state index is 4.57. The van der Waals surface area contributed by atoms with Gasteiger partial charge in [-0.3, -0.25) is 0 Å². The third-order valence-electron chi connectivity index (χ3n) is 2.79. The number of benzene rings is 1. The maximum absolute atomic E-state index is 4.57. The van der Waals surface area contributed by atoms with Crippen molar-refractivity contribution in [2.24, 2.45) is 5.41 Å². The monoisotopic (exact) mass is 231 g/mol. The topological polar surface area (TPSA) is 30.7 Å². The highest BCUT2D eigenvalue weighted by Gasteiger charge is 2.29. The number of hydrogen-bond acceptors (Lipinski definition) is 2. The molecule has 0 unspecified atom stereocenters. The van der Waals surface area contributed by atoms with Gasteiger partial charge in [-0.05, 0) is 37.8 Å². The molecule has 92 valence electrons. The highest BCUT2D eigenvalue weighted by atomic mass is 15.5. The van der Waals surface area contributed by atoms with E-state index >= 15 is 0 Å². The summed E-state index contributed by atoms with van der Waals surface area (Å²) in [6.45, 7) is 11.1. The predicted molar refractivity (Wildman–Crippen MR) is 70.9 cm³/mol. The molecule has 0 fully saturated rings. The second kappa shape index (κ2) is 3.83. The van der Waals surface area contributed by atoms with Gasteiger partial charge in [-0.15, -0.1) is 0 Å². The first-order chi connectivity index (χ1) is 7.78. The van der Waals surface area contributed by atoms with Crippen molar-refractivity contribution in [1.82, 2.24) is 15.0 Å². The van der Waals surface area contributed by atoms with Crippen LogP contribution in [0, 0.1) is 5.41 Å². The summed E-state index contributed by atoms with van der Waals surface area (Å²) in [6, 6.07) is 8.01. The molecule has 1 heterocycles.